The molecule has 6 aromatic rings. The molecule has 0 fully saturated rings. The highest BCUT2D eigenvalue weighted by atomic mass is 19.2. The van der Waals surface area contributed by atoms with E-state index < -0.39 is 144 Å². The van der Waals surface area contributed by atoms with E-state index in [4.69, 9.17) is 0 Å². The van der Waals surface area contributed by atoms with Gasteiger partial charge in [-0.1, -0.05) is 114 Å². The monoisotopic (exact) mass is 1120 g/mol. The van der Waals surface area contributed by atoms with Crippen LogP contribution in [0, 0.1) is 116 Å². The molecule has 0 aliphatic heterocycles. The highest BCUT2D eigenvalue weighted by molar-refractivity contribution is 7.20. The van der Waals surface area contributed by atoms with Crippen LogP contribution in [-0.4, -0.2) is 22.7 Å². The summed E-state index contributed by atoms with van der Waals surface area (Å²) >= 11 is 0. The van der Waals surface area contributed by atoms with E-state index in [-0.39, 0.29) is 18.1 Å². The first-order chi connectivity index (χ1) is 36.4. The van der Waals surface area contributed by atoms with Crippen LogP contribution in [0.3, 0.4) is 0 Å². The molecule has 0 radical (unpaired) electrons. The first-order valence-corrected chi connectivity index (χ1v) is 23.6. The minimum atomic E-state index is -7.22. The quantitative estimate of drug-likeness (QED) is 0.0129. The first-order valence-electron chi connectivity index (χ1n) is 23.6. The van der Waals surface area contributed by atoms with Crippen molar-refractivity contribution in [3.05, 3.63) is 177 Å². The highest BCUT2D eigenvalue weighted by Gasteiger charge is 2.52. The fourth-order valence-corrected chi connectivity index (χ4v) is 8.93. The molecule has 0 amide bonds. The van der Waals surface area contributed by atoms with Crippen molar-refractivity contribution in [3.8, 4) is 0 Å². The zero-order valence-electron chi connectivity index (χ0n) is 40.1. The average molecular weight is 1120 g/mol. The summed E-state index contributed by atoms with van der Waals surface area (Å²) in [5.41, 5.74) is -13.1. The SMILES string of the molecule is CCCCCCCCCCCCCCCC(=O)c1cncc[n+]1CC(=O)c1ccccc1.Fc1c(F)c(F)c([B-](c2c(F)c(F)c(F)c(F)c2F)(c2c(F)c(F)c(F)c(F)c2F)c2c(F)c(F)c(F)c(F)c2F)c(F)c1F. The molecule has 5 aromatic carbocycles. The van der Waals surface area contributed by atoms with Crippen molar-refractivity contribution in [2.24, 2.45) is 0 Å². The van der Waals surface area contributed by atoms with Gasteiger partial charge in [0.1, 0.15) is 58.9 Å². The van der Waals surface area contributed by atoms with Crippen LogP contribution in [0.2, 0.25) is 0 Å². The number of hydrogen-bond acceptors (Lipinski definition) is 3. The smallest absolute Gasteiger partial charge is 0.267 e. The summed E-state index contributed by atoms with van der Waals surface area (Å²) in [6.45, 7) is 2.42. The summed E-state index contributed by atoms with van der Waals surface area (Å²) in [5.74, 6) is -71.3. The standard InChI is InChI=1S/C28H41N2O2.C24BF20/c1-2-3-4-5-6-7-8-9-10-11-12-13-17-20-27(31)26-23-29-21-22-30(26)24-28(32)25-18-15-14-16-19-25;26-5-1(6(27)14(35)21(42)13(5)34)25(2-7(28)15(36)22(43)16(37)8(2)29,3-9(30)17(38)23(44)18(39)10(3)31)4-11(32)19(40)24(45)20(41)12(4)33/h14-16,18-19,21-23H,2-13,17,20,24H2,1H3;/q+1;-1. The molecule has 25 heteroatoms. The largest absolute Gasteiger partial charge is 0.287 e. The number of nitrogens with zero attached hydrogens (tertiary/aromatic N) is 2. The molecule has 0 unspecified atom stereocenters. The molecular weight excluding hydrogens is 1080 g/mol. The Morgan fingerprint density at radius 3 is 0.987 bits per heavy atom. The second kappa shape index (κ2) is 26.5. The van der Waals surface area contributed by atoms with Crippen LogP contribution in [0.5, 0.6) is 0 Å². The molecule has 1 aromatic heterocycles. The Labute approximate surface area is 425 Å². The number of hydrogen-bond donors (Lipinski definition) is 0. The van der Waals surface area contributed by atoms with Crippen LogP contribution in [0.15, 0.2) is 48.9 Å². The number of Topliss-reactive ketones (excluding diaryl/α,β-unsaturated/α-hetero) is 2. The Kier molecular flexibility index (Phi) is 21.0. The zero-order chi connectivity index (χ0) is 57.2. The molecule has 0 aliphatic rings. The lowest BCUT2D eigenvalue weighted by Gasteiger charge is -2.44. The minimum absolute atomic E-state index is 0.00295. The number of aromatic nitrogens is 2. The number of unbranched alkanes of at least 4 members (excludes halogenated alkanes) is 12. The molecular formula is C52H41BF20N2O2. The van der Waals surface area contributed by atoms with Crippen LogP contribution in [-0.2, 0) is 6.54 Å². The van der Waals surface area contributed by atoms with Gasteiger partial charge in [0.2, 0.25) is 18.1 Å². The van der Waals surface area contributed by atoms with Gasteiger partial charge < -0.3 is 0 Å². The molecule has 414 valence electrons. The van der Waals surface area contributed by atoms with Crippen molar-refractivity contribution in [2.75, 3.05) is 0 Å². The second-order valence-corrected chi connectivity index (χ2v) is 17.6. The van der Waals surface area contributed by atoms with E-state index in [1.807, 2.05) is 18.2 Å². The molecule has 4 nitrogen and oxygen atoms in total. The van der Waals surface area contributed by atoms with Crippen LogP contribution in [0.25, 0.3) is 0 Å². The summed E-state index contributed by atoms with van der Waals surface area (Å²) in [5, 5.41) is 0. The summed E-state index contributed by atoms with van der Waals surface area (Å²) in [4.78, 5) is 29.3. The van der Waals surface area contributed by atoms with E-state index >= 15 is 35.1 Å². The fourth-order valence-electron chi connectivity index (χ4n) is 8.93. The van der Waals surface area contributed by atoms with Gasteiger partial charge in [0.15, 0.2) is 76.0 Å². The van der Waals surface area contributed by atoms with Crippen LogP contribution in [0.4, 0.5) is 87.8 Å². The van der Waals surface area contributed by atoms with Gasteiger partial charge in [-0.2, -0.15) is 4.57 Å². The lowest BCUT2D eigenvalue weighted by atomic mass is 9.12. The van der Waals surface area contributed by atoms with Gasteiger partial charge in [0.25, 0.3) is 5.69 Å². The zero-order valence-corrected chi connectivity index (χ0v) is 40.1. The lowest BCUT2D eigenvalue weighted by Crippen LogP contribution is -2.81. The van der Waals surface area contributed by atoms with E-state index in [0.717, 1.165) is 12.8 Å². The lowest BCUT2D eigenvalue weighted by molar-refractivity contribution is -0.685. The molecule has 0 N–H and O–H groups in total. The van der Waals surface area contributed by atoms with Crippen LogP contribution in [0.1, 0.15) is 118 Å². The van der Waals surface area contributed by atoms with E-state index in [0.29, 0.717) is 17.7 Å². The number of benzene rings is 5. The number of halogens is 20. The number of carbonyl (C=O) groups excluding carboxylic acids is 2. The molecule has 0 aliphatic carbocycles. The van der Waals surface area contributed by atoms with Gasteiger partial charge in [-0.3, -0.25) is 14.6 Å². The van der Waals surface area contributed by atoms with E-state index in [9.17, 15) is 62.3 Å². The van der Waals surface area contributed by atoms with Gasteiger partial charge in [0.05, 0.1) is 6.20 Å². The Balaban J connectivity index is 0.000000301. The molecule has 0 atom stereocenters. The second-order valence-electron chi connectivity index (χ2n) is 17.6. The number of rotatable bonds is 22. The van der Waals surface area contributed by atoms with E-state index in [2.05, 4.69) is 11.9 Å². The topological polar surface area (TPSA) is 50.9 Å². The van der Waals surface area contributed by atoms with Crippen LogP contribution < -0.4 is 26.4 Å². The summed E-state index contributed by atoms with van der Waals surface area (Å²) in [7, 11) is 0. The van der Waals surface area contributed by atoms with E-state index in [1.54, 1.807) is 35.3 Å². The average Bonchev–Trinajstić information content (AvgIpc) is 3.59. The maximum atomic E-state index is 15.4. The van der Waals surface area contributed by atoms with Crippen LogP contribution >= 0.6 is 0 Å². The maximum absolute atomic E-state index is 15.4. The number of ketones is 2. The predicted octanol–water partition coefficient (Wildman–Crippen LogP) is 12.8. The van der Waals surface area contributed by atoms with Gasteiger partial charge in [0, 0.05) is 12.0 Å². The molecule has 0 saturated heterocycles. The Bertz CT molecular complexity index is 2760. The van der Waals surface area contributed by atoms with Crippen molar-refractivity contribution in [1.29, 1.82) is 0 Å². The predicted molar refractivity (Wildman–Crippen MR) is 239 cm³/mol. The fraction of sp³-hybridized carbons (Fsp3) is 0.308. The molecule has 0 spiro atoms. The molecule has 0 saturated carbocycles. The summed E-state index contributed by atoms with van der Waals surface area (Å²) in [6.07, 6.45) is 15.0. The van der Waals surface area contributed by atoms with Gasteiger partial charge in [-0.15, -0.1) is 21.9 Å². The summed E-state index contributed by atoms with van der Waals surface area (Å²) < 4.78 is 296. The van der Waals surface area contributed by atoms with Gasteiger partial charge >= 0.3 is 0 Å². The van der Waals surface area contributed by atoms with Crippen molar-refractivity contribution in [2.45, 2.75) is 103 Å². The van der Waals surface area contributed by atoms with E-state index in [1.165, 1.54) is 70.6 Å². The summed E-state index contributed by atoms with van der Waals surface area (Å²) in [6, 6.07) is 9.20. The Morgan fingerprint density at radius 1 is 0.390 bits per heavy atom. The number of carbonyl (C=O) groups is 2. The third kappa shape index (κ3) is 12.3. The van der Waals surface area contributed by atoms with Crippen molar-refractivity contribution in [3.63, 3.8) is 0 Å². The minimum Gasteiger partial charge on any atom is -0.287 e. The van der Waals surface area contributed by atoms with Crippen molar-refractivity contribution < 1.29 is 102 Å². The van der Waals surface area contributed by atoms with Gasteiger partial charge in [-0.05, 0) is 6.42 Å². The molecule has 0 bridgehead atoms. The molecule has 77 heavy (non-hydrogen) atoms. The van der Waals surface area contributed by atoms with Crippen molar-refractivity contribution in [1.82, 2.24) is 4.98 Å². The first kappa shape index (κ1) is 61.0. The molecule has 6 rings (SSSR count). The highest BCUT2D eigenvalue weighted by Crippen LogP contribution is 2.31. The Morgan fingerprint density at radius 2 is 0.675 bits per heavy atom. The van der Waals surface area contributed by atoms with Crippen molar-refractivity contribution >= 4 is 39.6 Å². The third-order valence-electron chi connectivity index (χ3n) is 12.7. The Hall–Kier alpha value is -6.82. The third-order valence-corrected chi connectivity index (χ3v) is 12.7. The normalized spacial score (nSPS) is 11.5. The molecule has 1 heterocycles. The maximum Gasteiger partial charge on any atom is 0.267 e. The van der Waals surface area contributed by atoms with Gasteiger partial charge in [-0.25, -0.2) is 87.8 Å².